The number of carbonyl (C=O) groups is 1. The van der Waals surface area contributed by atoms with E-state index in [1.54, 1.807) is 40.0 Å². The van der Waals surface area contributed by atoms with E-state index in [1.807, 2.05) is 25.3 Å². The molecule has 1 saturated heterocycles. The molecule has 4 heterocycles. The minimum atomic E-state index is -0.672. The summed E-state index contributed by atoms with van der Waals surface area (Å²) in [7, 11) is 1.50. The third kappa shape index (κ3) is 3.91. The van der Waals surface area contributed by atoms with Gasteiger partial charge in [0.1, 0.15) is 17.2 Å². The van der Waals surface area contributed by atoms with Gasteiger partial charge in [0.25, 0.3) is 5.91 Å². The van der Waals surface area contributed by atoms with Crippen molar-refractivity contribution in [2.24, 2.45) is 0 Å². The first-order chi connectivity index (χ1) is 16.0. The maximum atomic E-state index is 13.1. The molecular formula is C23H22N6O4. The van der Waals surface area contributed by atoms with Gasteiger partial charge < -0.3 is 19.0 Å². The zero-order valence-corrected chi connectivity index (χ0v) is 18.3. The van der Waals surface area contributed by atoms with E-state index in [9.17, 15) is 9.59 Å². The van der Waals surface area contributed by atoms with E-state index in [2.05, 4.69) is 20.0 Å². The number of ether oxygens (including phenoxy) is 1. The van der Waals surface area contributed by atoms with Crippen LogP contribution in [0.1, 0.15) is 16.2 Å². The number of para-hydroxylation sites is 1. The zero-order chi connectivity index (χ0) is 22.9. The summed E-state index contributed by atoms with van der Waals surface area (Å²) < 4.78 is 12.3. The molecule has 0 N–H and O–H groups in total. The van der Waals surface area contributed by atoms with Gasteiger partial charge in [0.15, 0.2) is 17.2 Å². The molecule has 0 atom stereocenters. The van der Waals surface area contributed by atoms with E-state index >= 15 is 0 Å². The molecule has 5 rings (SSSR count). The van der Waals surface area contributed by atoms with Crippen LogP contribution in [0.25, 0.3) is 16.8 Å². The highest BCUT2D eigenvalue weighted by Gasteiger charge is 2.26. The van der Waals surface area contributed by atoms with Gasteiger partial charge in [-0.05, 0) is 25.1 Å². The summed E-state index contributed by atoms with van der Waals surface area (Å²) in [5, 5.41) is 4.87. The first-order valence-electron chi connectivity index (χ1n) is 10.5. The number of piperazine rings is 1. The average molecular weight is 446 g/mol. The Morgan fingerprint density at radius 2 is 1.85 bits per heavy atom. The second kappa shape index (κ2) is 8.38. The van der Waals surface area contributed by atoms with Gasteiger partial charge in [-0.2, -0.15) is 5.10 Å². The highest BCUT2D eigenvalue weighted by molar-refractivity contribution is 5.97. The summed E-state index contributed by atoms with van der Waals surface area (Å²) in [4.78, 5) is 38.4. The number of benzene rings is 1. The maximum Gasteiger partial charge on any atom is 0.349 e. The summed E-state index contributed by atoms with van der Waals surface area (Å²) in [5.74, 6) is 2.21. The van der Waals surface area contributed by atoms with Gasteiger partial charge >= 0.3 is 5.63 Å². The minimum Gasteiger partial charge on any atom is -0.493 e. The fourth-order valence-electron chi connectivity index (χ4n) is 3.96. The molecule has 1 fully saturated rings. The maximum absolute atomic E-state index is 13.1. The number of fused-ring (bicyclic) bond motifs is 1. The third-order valence-corrected chi connectivity index (χ3v) is 5.62. The van der Waals surface area contributed by atoms with Crippen LogP contribution < -0.4 is 15.3 Å². The highest BCUT2D eigenvalue weighted by Crippen LogP contribution is 2.25. The van der Waals surface area contributed by atoms with Crippen molar-refractivity contribution in [2.45, 2.75) is 6.92 Å². The summed E-state index contributed by atoms with van der Waals surface area (Å²) >= 11 is 0. The number of rotatable bonds is 4. The SMILES string of the molecule is COc1cccc2cc(C(=O)N3CCN(c4cc(-n5cccn5)nc(C)n4)CC3)c(=O)oc12. The fourth-order valence-corrected chi connectivity index (χ4v) is 3.96. The molecule has 1 aliphatic rings. The Hall–Kier alpha value is -4.21. The predicted octanol–water partition coefficient (Wildman–Crippen LogP) is 2.05. The van der Waals surface area contributed by atoms with Gasteiger partial charge in [0.2, 0.25) is 0 Å². The van der Waals surface area contributed by atoms with Crippen molar-refractivity contribution >= 4 is 22.7 Å². The molecule has 1 aromatic carbocycles. The molecular weight excluding hydrogens is 424 g/mol. The predicted molar refractivity (Wildman–Crippen MR) is 121 cm³/mol. The second-order valence-corrected chi connectivity index (χ2v) is 7.69. The summed E-state index contributed by atoms with van der Waals surface area (Å²) in [6.07, 6.45) is 3.52. The van der Waals surface area contributed by atoms with E-state index in [4.69, 9.17) is 9.15 Å². The average Bonchev–Trinajstić information content (AvgIpc) is 3.38. The van der Waals surface area contributed by atoms with Gasteiger partial charge in [0.05, 0.1) is 7.11 Å². The number of nitrogens with zero attached hydrogens (tertiary/aromatic N) is 6. The van der Waals surface area contributed by atoms with Gasteiger partial charge in [0, 0.05) is 50.0 Å². The molecule has 1 amide bonds. The van der Waals surface area contributed by atoms with Crippen molar-refractivity contribution in [3.63, 3.8) is 0 Å². The third-order valence-electron chi connectivity index (χ3n) is 5.62. The second-order valence-electron chi connectivity index (χ2n) is 7.69. The first kappa shape index (κ1) is 20.7. The van der Waals surface area contributed by atoms with E-state index in [1.165, 1.54) is 7.11 Å². The quantitative estimate of drug-likeness (QED) is 0.439. The van der Waals surface area contributed by atoms with Crippen LogP contribution in [0.15, 0.2) is 58.0 Å². The van der Waals surface area contributed by atoms with Crippen molar-refractivity contribution < 1.29 is 13.9 Å². The summed E-state index contributed by atoms with van der Waals surface area (Å²) in [6, 6.07) is 10.6. The Morgan fingerprint density at radius 3 is 2.58 bits per heavy atom. The topological polar surface area (TPSA) is 107 Å². The fraction of sp³-hybridized carbons (Fsp3) is 0.261. The molecule has 0 saturated carbocycles. The Kier molecular flexibility index (Phi) is 5.25. The molecule has 4 aromatic rings. The van der Waals surface area contributed by atoms with Crippen LogP contribution in [0.3, 0.4) is 0 Å². The molecule has 1 aliphatic heterocycles. The standard InChI is InChI=1S/C23H22N6O4/c1-15-25-19(14-20(26-15)29-8-4-7-24-29)27-9-11-28(12-10-27)22(30)17-13-16-5-3-6-18(32-2)21(16)33-23(17)31/h3-8,13-14H,9-12H2,1-2H3. The lowest BCUT2D eigenvalue weighted by Crippen LogP contribution is -2.49. The van der Waals surface area contributed by atoms with Crippen LogP contribution >= 0.6 is 0 Å². The number of aryl methyl sites for hydroxylation is 1. The molecule has 168 valence electrons. The number of methoxy groups -OCH3 is 1. The van der Waals surface area contributed by atoms with E-state index in [0.717, 1.165) is 5.82 Å². The van der Waals surface area contributed by atoms with Crippen LogP contribution in [0, 0.1) is 6.92 Å². The van der Waals surface area contributed by atoms with Crippen molar-refractivity contribution in [1.29, 1.82) is 0 Å². The van der Waals surface area contributed by atoms with Crippen LogP contribution in [0.5, 0.6) is 5.75 Å². The molecule has 33 heavy (non-hydrogen) atoms. The Balaban J connectivity index is 1.34. The number of hydrogen-bond donors (Lipinski definition) is 0. The van der Waals surface area contributed by atoms with Crippen LogP contribution in [-0.2, 0) is 0 Å². The smallest absolute Gasteiger partial charge is 0.349 e. The monoisotopic (exact) mass is 446 g/mol. The Bertz CT molecular complexity index is 1370. The van der Waals surface area contributed by atoms with Gasteiger partial charge in [-0.15, -0.1) is 0 Å². The number of anilines is 1. The lowest BCUT2D eigenvalue weighted by atomic mass is 10.1. The molecule has 0 unspecified atom stereocenters. The lowest BCUT2D eigenvalue weighted by Gasteiger charge is -2.35. The molecule has 0 radical (unpaired) electrons. The molecule has 10 nitrogen and oxygen atoms in total. The Morgan fingerprint density at radius 1 is 1.06 bits per heavy atom. The molecule has 0 aliphatic carbocycles. The Labute approximate surface area is 189 Å². The molecule has 0 spiro atoms. The number of carbonyl (C=O) groups excluding carboxylic acids is 1. The van der Waals surface area contributed by atoms with Gasteiger partial charge in [-0.1, -0.05) is 12.1 Å². The lowest BCUT2D eigenvalue weighted by molar-refractivity contribution is 0.0742. The first-order valence-corrected chi connectivity index (χ1v) is 10.5. The molecule has 3 aromatic heterocycles. The summed E-state index contributed by atoms with van der Waals surface area (Å²) in [5.41, 5.74) is -0.323. The van der Waals surface area contributed by atoms with Gasteiger partial charge in [-0.3, -0.25) is 4.79 Å². The summed E-state index contributed by atoms with van der Waals surface area (Å²) in [6.45, 7) is 3.90. The van der Waals surface area contributed by atoms with Crippen molar-refractivity contribution in [2.75, 3.05) is 38.2 Å². The molecule has 0 bridgehead atoms. The van der Waals surface area contributed by atoms with Crippen molar-refractivity contribution in [3.05, 3.63) is 70.6 Å². The number of amides is 1. The highest BCUT2D eigenvalue weighted by atomic mass is 16.5. The van der Waals surface area contributed by atoms with Gasteiger partial charge in [-0.25, -0.2) is 19.4 Å². The largest absolute Gasteiger partial charge is 0.493 e. The van der Waals surface area contributed by atoms with Crippen LogP contribution in [-0.4, -0.2) is 63.8 Å². The van der Waals surface area contributed by atoms with E-state index in [0.29, 0.717) is 54.5 Å². The van der Waals surface area contributed by atoms with Crippen molar-refractivity contribution in [1.82, 2.24) is 24.6 Å². The van der Waals surface area contributed by atoms with E-state index < -0.39 is 5.63 Å². The van der Waals surface area contributed by atoms with E-state index in [-0.39, 0.29) is 11.5 Å². The zero-order valence-electron chi connectivity index (χ0n) is 18.3. The minimum absolute atomic E-state index is 0.0167. The number of aromatic nitrogens is 4. The molecule has 10 heteroatoms. The van der Waals surface area contributed by atoms with Crippen molar-refractivity contribution in [3.8, 4) is 11.6 Å². The normalized spacial score (nSPS) is 14.0. The van der Waals surface area contributed by atoms with Crippen LogP contribution in [0.4, 0.5) is 5.82 Å². The van der Waals surface area contributed by atoms with Crippen LogP contribution in [0.2, 0.25) is 0 Å². The number of hydrogen-bond acceptors (Lipinski definition) is 8.